The van der Waals surface area contributed by atoms with Gasteiger partial charge in [-0.2, -0.15) is 0 Å². The van der Waals surface area contributed by atoms with Crippen molar-refractivity contribution in [3.63, 3.8) is 0 Å². The summed E-state index contributed by atoms with van der Waals surface area (Å²) in [6.07, 6.45) is 1.48. The number of nitrogens with one attached hydrogen (secondary N) is 1. The molecule has 0 saturated carbocycles. The number of benzene rings is 1. The Hall–Kier alpha value is -2.02. The Kier molecular flexibility index (Phi) is 4.80. The van der Waals surface area contributed by atoms with Gasteiger partial charge in [0.25, 0.3) is 0 Å². The summed E-state index contributed by atoms with van der Waals surface area (Å²) >= 11 is 0. The van der Waals surface area contributed by atoms with Gasteiger partial charge in [-0.3, -0.25) is 14.5 Å². The maximum Gasteiger partial charge on any atom is 0.245 e. The minimum Gasteiger partial charge on any atom is -0.342 e. The van der Waals surface area contributed by atoms with E-state index in [0.717, 1.165) is 12.5 Å². The Morgan fingerprint density at radius 1 is 1.21 bits per heavy atom. The van der Waals surface area contributed by atoms with Crippen LogP contribution < -0.4 is 5.32 Å². The lowest BCUT2D eigenvalue weighted by molar-refractivity contribution is -0.153. The first-order chi connectivity index (χ1) is 11.5. The minimum absolute atomic E-state index is 0.0195. The lowest BCUT2D eigenvalue weighted by Gasteiger charge is -2.45. The summed E-state index contributed by atoms with van der Waals surface area (Å²) in [4.78, 5) is 28.4. The van der Waals surface area contributed by atoms with Crippen molar-refractivity contribution < 1.29 is 18.4 Å². The fourth-order valence-corrected chi connectivity index (χ4v) is 3.38. The Morgan fingerprint density at radius 2 is 2.00 bits per heavy atom. The highest BCUT2D eigenvalue weighted by Gasteiger charge is 2.42. The average molecular weight is 337 g/mol. The standard InChI is InChI=1S/C17H21F2N3O2/c1-2-3-14-17(24)22-7-6-21(10-15(22)16(23)20-14)9-11-4-5-12(18)13(19)8-11/h4-5,8,14-15H,2-3,6-7,9-10H2,1H3,(H,20,23)/t14-,15+/m0/s1. The van der Waals surface area contributed by atoms with E-state index in [1.54, 1.807) is 4.90 Å². The van der Waals surface area contributed by atoms with Crippen molar-refractivity contribution in [1.29, 1.82) is 0 Å². The first-order valence-electron chi connectivity index (χ1n) is 8.26. The number of amides is 2. The number of hydrogen-bond acceptors (Lipinski definition) is 3. The molecule has 0 aliphatic carbocycles. The Labute approximate surface area is 139 Å². The average Bonchev–Trinajstić information content (AvgIpc) is 2.56. The number of hydrogen-bond donors (Lipinski definition) is 1. The highest BCUT2D eigenvalue weighted by atomic mass is 19.2. The van der Waals surface area contributed by atoms with E-state index in [2.05, 4.69) is 5.32 Å². The van der Waals surface area contributed by atoms with Crippen molar-refractivity contribution >= 4 is 11.8 Å². The van der Waals surface area contributed by atoms with Crippen molar-refractivity contribution in [3.8, 4) is 0 Å². The second-order valence-corrected chi connectivity index (χ2v) is 6.38. The molecule has 130 valence electrons. The number of carbonyl (C=O) groups excluding carboxylic acids is 2. The van der Waals surface area contributed by atoms with Crippen LogP contribution in [0.15, 0.2) is 18.2 Å². The Balaban J connectivity index is 1.67. The zero-order chi connectivity index (χ0) is 17.3. The normalized spacial score (nSPS) is 24.7. The third-order valence-corrected chi connectivity index (χ3v) is 4.63. The van der Waals surface area contributed by atoms with Crippen LogP contribution in [0.3, 0.4) is 0 Å². The number of piperazine rings is 2. The highest BCUT2D eigenvalue weighted by molar-refractivity contribution is 5.97. The maximum absolute atomic E-state index is 13.3. The third kappa shape index (κ3) is 3.26. The molecule has 7 heteroatoms. The summed E-state index contributed by atoms with van der Waals surface area (Å²) in [7, 11) is 0. The number of carbonyl (C=O) groups is 2. The van der Waals surface area contributed by atoms with Gasteiger partial charge >= 0.3 is 0 Å². The summed E-state index contributed by atoms with van der Waals surface area (Å²) in [5.74, 6) is -1.90. The van der Waals surface area contributed by atoms with E-state index in [1.807, 2.05) is 11.8 Å². The third-order valence-electron chi connectivity index (χ3n) is 4.63. The minimum atomic E-state index is -0.876. The van der Waals surface area contributed by atoms with Gasteiger partial charge in [-0.05, 0) is 24.1 Å². The van der Waals surface area contributed by atoms with E-state index in [9.17, 15) is 18.4 Å². The number of nitrogens with zero attached hydrogens (tertiary/aromatic N) is 2. The van der Waals surface area contributed by atoms with Crippen LogP contribution in [0.1, 0.15) is 25.3 Å². The smallest absolute Gasteiger partial charge is 0.245 e. The van der Waals surface area contributed by atoms with Gasteiger partial charge in [0, 0.05) is 26.2 Å². The molecule has 0 bridgehead atoms. The number of halogens is 2. The van der Waals surface area contributed by atoms with Crippen LogP contribution in [0.2, 0.25) is 0 Å². The van der Waals surface area contributed by atoms with Gasteiger partial charge in [0.15, 0.2) is 11.6 Å². The molecule has 0 unspecified atom stereocenters. The molecule has 2 heterocycles. The monoisotopic (exact) mass is 337 g/mol. The summed E-state index contributed by atoms with van der Waals surface area (Å²) in [6.45, 7) is 3.87. The van der Waals surface area contributed by atoms with E-state index in [-0.39, 0.29) is 11.8 Å². The molecule has 0 spiro atoms. The van der Waals surface area contributed by atoms with Gasteiger partial charge < -0.3 is 10.2 Å². The lowest BCUT2D eigenvalue weighted by Crippen LogP contribution is -2.69. The molecule has 2 aliphatic rings. The van der Waals surface area contributed by atoms with Gasteiger partial charge in [-0.15, -0.1) is 0 Å². The first kappa shape index (κ1) is 16.8. The van der Waals surface area contributed by atoms with Crippen LogP contribution in [0.25, 0.3) is 0 Å². The SMILES string of the molecule is CCC[C@@H]1NC(=O)[C@H]2CN(Cc3ccc(F)c(F)c3)CCN2C1=O. The van der Waals surface area contributed by atoms with Crippen LogP contribution in [0.5, 0.6) is 0 Å². The molecule has 5 nitrogen and oxygen atoms in total. The van der Waals surface area contributed by atoms with E-state index in [1.165, 1.54) is 12.1 Å². The molecule has 2 saturated heterocycles. The molecule has 0 radical (unpaired) electrons. The van der Waals surface area contributed by atoms with Crippen LogP contribution in [0, 0.1) is 11.6 Å². The first-order valence-corrected chi connectivity index (χ1v) is 8.26. The van der Waals surface area contributed by atoms with Gasteiger partial charge in [0.05, 0.1) is 0 Å². The van der Waals surface area contributed by atoms with Gasteiger partial charge in [-0.1, -0.05) is 19.4 Å². The van der Waals surface area contributed by atoms with E-state index in [0.29, 0.717) is 38.2 Å². The predicted octanol–water partition coefficient (Wildman–Crippen LogP) is 1.28. The molecule has 2 atom stereocenters. The van der Waals surface area contributed by atoms with E-state index < -0.39 is 23.7 Å². The molecule has 0 aromatic heterocycles. The summed E-state index contributed by atoms with van der Waals surface area (Å²) < 4.78 is 26.3. The van der Waals surface area contributed by atoms with Crippen LogP contribution in [0.4, 0.5) is 8.78 Å². The Morgan fingerprint density at radius 3 is 2.71 bits per heavy atom. The predicted molar refractivity (Wildman–Crippen MR) is 84.0 cm³/mol. The van der Waals surface area contributed by atoms with Crippen molar-refractivity contribution in [2.24, 2.45) is 0 Å². The molecule has 24 heavy (non-hydrogen) atoms. The zero-order valence-electron chi connectivity index (χ0n) is 13.6. The molecule has 2 fully saturated rings. The van der Waals surface area contributed by atoms with Gasteiger partial charge in [0.1, 0.15) is 12.1 Å². The van der Waals surface area contributed by atoms with Crippen LogP contribution in [-0.4, -0.2) is 53.3 Å². The second kappa shape index (κ2) is 6.84. The van der Waals surface area contributed by atoms with Crippen molar-refractivity contribution in [2.45, 2.75) is 38.4 Å². The Bertz CT molecular complexity index is 653. The van der Waals surface area contributed by atoms with Gasteiger partial charge in [0.2, 0.25) is 11.8 Å². The molecule has 1 aromatic rings. The van der Waals surface area contributed by atoms with Crippen molar-refractivity contribution in [2.75, 3.05) is 19.6 Å². The molecule has 1 aromatic carbocycles. The van der Waals surface area contributed by atoms with Crippen LogP contribution in [-0.2, 0) is 16.1 Å². The largest absolute Gasteiger partial charge is 0.342 e. The van der Waals surface area contributed by atoms with E-state index >= 15 is 0 Å². The molecule has 1 N–H and O–H groups in total. The lowest BCUT2D eigenvalue weighted by atomic mass is 10.0. The van der Waals surface area contributed by atoms with Crippen molar-refractivity contribution in [1.82, 2.24) is 15.1 Å². The number of fused-ring (bicyclic) bond motifs is 1. The fourth-order valence-electron chi connectivity index (χ4n) is 3.38. The highest BCUT2D eigenvalue weighted by Crippen LogP contribution is 2.20. The summed E-state index contributed by atoms with van der Waals surface area (Å²) in [6, 6.07) is 2.88. The molecule has 2 aliphatic heterocycles. The van der Waals surface area contributed by atoms with E-state index in [4.69, 9.17) is 0 Å². The second-order valence-electron chi connectivity index (χ2n) is 6.38. The quantitative estimate of drug-likeness (QED) is 0.900. The van der Waals surface area contributed by atoms with Gasteiger partial charge in [-0.25, -0.2) is 8.78 Å². The summed E-state index contributed by atoms with van der Waals surface area (Å²) in [5.41, 5.74) is 0.647. The molecule has 2 amide bonds. The van der Waals surface area contributed by atoms with Crippen LogP contribution >= 0.6 is 0 Å². The molecular weight excluding hydrogens is 316 g/mol. The maximum atomic E-state index is 13.3. The fraction of sp³-hybridized carbons (Fsp3) is 0.529. The zero-order valence-corrected chi connectivity index (χ0v) is 13.6. The topological polar surface area (TPSA) is 52.7 Å². The number of rotatable bonds is 4. The molecule has 3 rings (SSSR count). The summed E-state index contributed by atoms with van der Waals surface area (Å²) in [5, 5.41) is 2.80. The molecular formula is C17H21F2N3O2. The van der Waals surface area contributed by atoms with Crippen molar-refractivity contribution in [3.05, 3.63) is 35.4 Å².